The van der Waals surface area contributed by atoms with Gasteiger partial charge in [-0.05, 0) is 43.5 Å². The Bertz CT molecular complexity index is 458. The zero-order chi connectivity index (χ0) is 12.5. The van der Waals surface area contributed by atoms with E-state index in [1.807, 2.05) is 0 Å². The molecule has 1 aromatic rings. The molecule has 0 bridgehead atoms. The van der Waals surface area contributed by atoms with Crippen molar-refractivity contribution in [1.29, 1.82) is 0 Å². The fourth-order valence-electron chi connectivity index (χ4n) is 1.57. The first-order valence-electron chi connectivity index (χ1n) is 5.32. The summed E-state index contributed by atoms with van der Waals surface area (Å²) in [6.45, 7) is 0. The van der Waals surface area contributed by atoms with Gasteiger partial charge in [0, 0.05) is 5.56 Å². The van der Waals surface area contributed by atoms with Crippen LogP contribution < -0.4 is 0 Å². The molecule has 0 aliphatic heterocycles. The van der Waals surface area contributed by atoms with Crippen molar-refractivity contribution in [1.82, 2.24) is 0 Å². The maximum Gasteiger partial charge on any atom is 0.416 e. The molecule has 0 heterocycles. The van der Waals surface area contributed by atoms with Crippen LogP contribution in [0.2, 0.25) is 0 Å². The lowest BCUT2D eigenvalue weighted by Gasteiger charge is -2.30. The van der Waals surface area contributed by atoms with Gasteiger partial charge < -0.3 is 5.11 Å². The number of rotatable bonds is 0. The van der Waals surface area contributed by atoms with Crippen molar-refractivity contribution in [3.05, 3.63) is 35.4 Å². The lowest BCUT2D eigenvalue weighted by molar-refractivity contribution is -0.137. The zero-order valence-electron chi connectivity index (χ0n) is 9.01. The van der Waals surface area contributed by atoms with Crippen molar-refractivity contribution >= 4 is 0 Å². The fraction of sp³-hybridized carbons (Fsp3) is 0.385. The summed E-state index contributed by atoms with van der Waals surface area (Å²) in [6, 6.07) is 4.62. The van der Waals surface area contributed by atoms with Gasteiger partial charge in [0.2, 0.25) is 0 Å². The van der Waals surface area contributed by atoms with Crippen LogP contribution in [0.15, 0.2) is 24.3 Å². The zero-order valence-corrected chi connectivity index (χ0v) is 9.01. The minimum atomic E-state index is -4.32. The molecule has 1 aliphatic rings. The van der Waals surface area contributed by atoms with Crippen LogP contribution in [-0.4, -0.2) is 10.7 Å². The molecule has 4 heteroatoms. The molecule has 0 spiro atoms. The summed E-state index contributed by atoms with van der Waals surface area (Å²) >= 11 is 0. The van der Waals surface area contributed by atoms with Gasteiger partial charge in [-0.1, -0.05) is 11.8 Å². The normalized spacial score (nSPS) is 17.9. The molecule has 0 amide bonds. The first kappa shape index (κ1) is 12.0. The third-order valence-electron chi connectivity index (χ3n) is 2.83. The van der Waals surface area contributed by atoms with Gasteiger partial charge in [0.15, 0.2) is 0 Å². The van der Waals surface area contributed by atoms with Gasteiger partial charge in [-0.2, -0.15) is 13.2 Å². The van der Waals surface area contributed by atoms with Gasteiger partial charge in [-0.3, -0.25) is 0 Å². The third kappa shape index (κ3) is 2.80. The second-order valence-electron chi connectivity index (χ2n) is 4.21. The molecular weight excluding hydrogens is 229 g/mol. The predicted octanol–water partition coefficient (Wildman–Crippen LogP) is 2.97. The molecule has 0 atom stereocenters. The molecule has 17 heavy (non-hydrogen) atoms. The van der Waals surface area contributed by atoms with Crippen molar-refractivity contribution in [2.75, 3.05) is 0 Å². The molecule has 1 N–H and O–H groups in total. The monoisotopic (exact) mass is 240 g/mol. The maximum absolute atomic E-state index is 12.3. The summed E-state index contributed by atoms with van der Waals surface area (Å²) in [5.41, 5.74) is -1.13. The maximum atomic E-state index is 12.3. The van der Waals surface area contributed by atoms with Crippen LogP contribution in [0, 0.1) is 11.8 Å². The number of aliphatic hydroxyl groups is 1. The first-order chi connectivity index (χ1) is 7.89. The van der Waals surface area contributed by atoms with Gasteiger partial charge in [0.1, 0.15) is 5.60 Å². The van der Waals surface area contributed by atoms with Crippen LogP contribution in [0.5, 0.6) is 0 Å². The average molecular weight is 240 g/mol. The highest BCUT2D eigenvalue weighted by molar-refractivity contribution is 5.39. The number of hydrogen-bond donors (Lipinski definition) is 1. The SMILES string of the molecule is OC1(C#Cc2ccc(C(F)(F)F)cc2)CCC1. The Morgan fingerprint density at radius 1 is 1.12 bits per heavy atom. The number of halogens is 3. The molecule has 90 valence electrons. The predicted molar refractivity (Wildman–Crippen MR) is 57.1 cm³/mol. The Balaban J connectivity index is 2.13. The molecule has 1 saturated carbocycles. The topological polar surface area (TPSA) is 20.2 Å². The van der Waals surface area contributed by atoms with Crippen molar-refractivity contribution in [2.24, 2.45) is 0 Å². The average Bonchev–Trinajstić information content (AvgIpc) is 2.23. The number of benzene rings is 1. The van der Waals surface area contributed by atoms with Crippen LogP contribution in [0.1, 0.15) is 30.4 Å². The first-order valence-corrected chi connectivity index (χ1v) is 5.32. The molecule has 1 aromatic carbocycles. The van der Waals surface area contributed by atoms with Crippen LogP contribution in [0.4, 0.5) is 13.2 Å². The number of alkyl halides is 3. The molecular formula is C13H11F3O. The Morgan fingerprint density at radius 2 is 1.71 bits per heavy atom. The molecule has 0 saturated heterocycles. The highest BCUT2D eigenvalue weighted by Crippen LogP contribution is 2.31. The minimum absolute atomic E-state index is 0.485. The van der Waals surface area contributed by atoms with E-state index >= 15 is 0 Å². The van der Waals surface area contributed by atoms with E-state index in [2.05, 4.69) is 11.8 Å². The van der Waals surface area contributed by atoms with Crippen molar-refractivity contribution in [2.45, 2.75) is 31.0 Å². The van der Waals surface area contributed by atoms with Crippen LogP contribution in [0.3, 0.4) is 0 Å². The minimum Gasteiger partial charge on any atom is -0.378 e. The van der Waals surface area contributed by atoms with Gasteiger partial charge in [0.05, 0.1) is 5.56 Å². The molecule has 0 aromatic heterocycles. The van der Waals surface area contributed by atoms with E-state index in [9.17, 15) is 18.3 Å². The molecule has 2 rings (SSSR count). The Hall–Kier alpha value is -1.47. The smallest absolute Gasteiger partial charge is 0.378 e. The van der Waals surface area contributed by atoms with E-state index in [0.29, 0.717) is 18.4 Å². The molecule has 0 radical (unpaired) electrons. The van der Waals surface area contributed by atoms with E-state index in [1.54, 1.807) is 0 Å². The second kappa shape index (κ2) is 4.08. The standard InChI is InChI=1S/C13H11F3O/c14-13(15,16)11-4-2-10(3-5-11)6-9-12(17)7-1-8-12/h2-5,17H,1,7-8H2. The van der Waals surface area contributed by atoms with E-state index < -0.39 is 17.3 Å². The second-order valence-corrected chi connectivity index (χ2v) is 4.21. The fourth-order valence-corrected chi connectivity index (χ4v) is 1.57. The van der Waals surface area contributed by atoms with E-state index in [1.165, 1.54) is 12.1 Å². The van der Waals surface area contributed by atoms with E-state index in [4.69, 9.17) is 0 Å². The summed E-state index contributed by atoms with van der Waals surface area (Å²) < 4.78 is 36.8. The Kier molecular flexibility index (Phi) is 2.88. The van der Waals surface area contributed by atoms with E-state index in [0.717, 1.165) is 18.6 Å². The van der Waals surface area contributed by atoms with Gasteiger partial charge in [-0.15, -0.1) is 0 Å². The van der Waals surface area contributed by atoms with Crippen LogP contribution in [0.25, 0.3) is 0 Å². The lowest BCUT2D eigenvalue weighted by Crippen LogP contribution is -2.34. The summed E-state index contributed by atoms with van der Waals surface area (Å²) in [7, 11) is 0. The Labute approximate surface area is 97.3 Å². The molecule has 1 aliphatic carbocycles. The van der Waals surface area contributed by atoms with Crippen LogP contribution in [-0.2, 0) is 6.18 Å². The van der Waals surface area contributed by atoms with Gasteiger partial charge in [0.25, 0.3) is 0 Å². The quantitative estimate of drug-likeness (QED) is 0.691. The highest BCUT2D eigenvalue weighted by Gasteiger charge is 2.32. The highest BCUT2D eigenvalue weighted by atomic mass is 19.4. The van der Waals surface area contributed by atoms with Crippen molar-refractivity contribution < 1.29 is 18.3 Å². The molecule has 0 unspecified atom stereocenters. The number of hydrogen-bond acceptors (Lipinski definition) is 1. The summed E-state index contributed by atoms with van der Waals surface area (Å²) in [5, 5.41) is 9.70. The summed E-state index contributed by atoms with van der Waals surface area (Å²) in [4.78, 5) is 0. The van der Waals surface area contributed by atoms with Gasteiger partial charge >= 0.3 is 6.18 Å². The molecule has 1 nitrogen and oxygen atoms in total. The Morgan fingerprint density at radius 3 is 2.12 bits per heavy atom. The lowest BCUT2D eigenvalue weighted by atomic mass is 9.81. The van der Waals surface area contributed by atoms with E-state index in [-0.39, 0.29) is 0 Å². The largest absolute Gasteiger partial charge is 0.416 e. The van der Waals surface area contributed by atoms with Crippen molar-refractivity contribution in [3.63, 3.8) is 0 Å². The molecule has 1 fully saturated rings. The van der Waals surface area contributed by atoms with Gasteiger partial charge in [-0.25, -0.2) is 0 Å². The van der Waals surface area contributed by atoms with Crippen molar-refractivity contribution in [3.8, 4) is 11.8 Å². The summed E-state index contributed by atoms with van der Waals surface area (Å²) in [6.07, 6.45) is -2.10. The third-order valence-corrected chi connectivity index (χ3v) is 2.83. The van der Waals surface area contributed by atoms with Crippen LogP contribution >= 0.6 is 0 Å². The summed E-state index contributed by atoms with van der Waals surface area (Å²) in [5.74, 6) is 5.39.